The molecule has 6 rings (SSSR count). The molecule has 1 saturated heterocycles. The third-order valence-corrected chi connectivity index (χ3v) is 10.7. The number of hydrogen-bond donors (Lipinski definition) is 3. The monoisotopic (exact) mass is 628 g/mol. The molecule has 0 bridgehead atoms. The molecule has 0 spiro atoms. The Labute approximate surface area is 287 Å². The van der Waals surface area contributed by atoms with E-state index >= 15 is 0 Å². The van der Waals surface area contributed by atoms with Crippen LogP contribution in [-0.4, -0.2) is 86.9 Å². The predicted molar refractivity (Wildman–Crippen MR) is 160 cm³/mol. The van der Waals surface area contributed by atoms with E-state index in [1.807, 2.05) is 20.8 Å². The van der Waals surface area contributed by atoms with Crippen molar-refractivity contribution < 1.29 is 74.6 Å². The first-order valence-electron chi connectivity index (χ1n) is 16.3. The van der Waals surface area contributed by atoms with E-state index in [4.69, 9.17) is 14.2 Å². The number of hydrogen-bond acceptors (Lipinski definition) is 10. The number of fused-ring (bicyclic) bond motifs is 3. The van der Waals surface area contributed by atoms with Gasteiger partial charge in [0.15, 0.2) is 0 Å². The molecule has 0 aromatic heterocycles. The number of rotatable bonds is 6. The van der Waals surface area contributed by atoms with Gasteiger partial charge in [-0.3, -0.25) is 19.2 Å². The minimum absolute atomic E-state index is 0. The predicted octanol–water partition coefficient (Wildman–Crippen LogP) is -0.454. The molecule has 44 heavy (non-hydrogen) atoms. The van der Waals surface area contributed by atoms with Crippen molar-refractivity contribution in [2.24, 2.45) is 47.3 Å². The number of ketones is 1. The van der Waals surface area contributed by atoms with E-state index in [0.29, 0.717) is 49.8 Å². The van der Waals surface area contributed by atoms with Gasteiger partial charge in [-0.1, -0.05) is 0 Å². The molecule has 5 saturated carbocycles. The van der Waals surface area contributed by atoms with Gasteiger partial charge in [-0.15, -0.1) is 0 Å². The standard InChI is InChI=1S/C11H18O3.C11H16O3.C10H17NO3.B.Na.H/c2*1-2-14-11(13)9-4-3-8-7(9)5-6-10(8)12;1-2-14-10(13)9-6-3-4-8(12)7(6)5-11-9;;;/h7-10,12H,2-6H2,1H3;7-9H,2-6H2,1H3;6-9,11-12H,2-5H2,1H3;;;/q;;;;+1;-1/t7-,8-,9-,10?;7-,8-,9-;6-,7-,8?,9-;;;/m000.../s1. The van der Waals surface area contributed by atoms with E-state index in [2.05, 4.69) is 5.32 Å². The van der Waals surface area contributed by atoms with Gasteiger partial charge in [0.25, 0.3) is 0 Å². The Morgan fingerprint density at radius 3 is 1.80 bits per heavy atom. The summed E-state index contributed by atoms with van der Waals surface area (Å²) in [6, 6.07) is -0.183. The fraction of sp³-hybridized carbons (Fsp3) is 0.875. The van der Waals surface area contributed by atoms with Crippen LogP contribution in [0.3, 0.4) is 0 Å². The number of carbonyl (C=O) groups excluding carboxylic acids is 4. The summed E-state index contributed by atoms with van der Waals surface area (Å²) in [5.41, 5.74) is 0. The van der Waals surface area contributed by atoms with Crippen LogP contribution in [0, 0.1) is 47.3 Å². The largest absolute Gasteiger partial charge is 1.00 e. The molecule has 6 aliphatic rings. The van der Waals surface area contributed by atoms with Crippen molar-refractivity contribution in [1.29, 1.82) is 0 Å². The molecule has 2 unspecified atom stereocenters. The Balaban J connectivity index is 0.000000327. The molecule has 5 aliphatic carbocycles. The minimum Gasteiger partial charge on any atom is -1.00 e. The zero-order chi connectivity index (χ0) is 30.4. The number of aliphatic hydroxyl groups excluding tert-OH is 2. The molecule has 11 atom stereocenters. The van der Waals surface area contributed by atoms with E-state index in [1.165, 1.54) is 0 Å². The molecular weight excluding hydrogens is 576 g/mol. The van der Waals surface area contributed by atoms with Gasteiger partial charge < -0.3 is 31.2 Å². The quantitative estimate of drug-likeness (QED) is 0.201. The van der Waals surface area contributed by atoms with Gasteiger partial charge in [0.1, 0.15) is 11.8 Å². The van der Waals surface area contributed by atoms with Crippen molar-refractivity contribution in [3.8, 4) is 0 Å². The zero-order valence-electron chi connectivity index (χ0n) is 28.1. The summed E-state index contributed by atoms with van der Waals surface area (Å²) in [5, 5.41) is 22.5. The van der Waals surface area contributed by atoms with Gasteiger partial charge in [-0.05, 0) is 102 Å². The first-order valence-corrected chi connectivity index (χ1v) is 16.3. The van der Waals surface area contributed by atoms with E-state index in [0.717, 1.165) is 64.3 Å². The summed E-state index contributed by atoms with van der Waals surface area (Å²) in [6.07, 6.45) is 8.44. The van der Waals surface area contributed by atoms with Crippen LogP contribution >= 0.6 is 0 Å². The molecule has 1 aliphatic heterocycles. The van der Waals surface area contributed by atoms with Crippen LogP contribution in [0.15, 0.2) is 0 Å². The molecule has 243 valence electrons. The van der Waals surface area contributed by atoms with Gasteiger partial charge in [0.2, 0.25) is 0 Å². The van der Waals surface area contributed by atoms with Gasteiger partial charge >= 0.3 is 47.5 Å². The molecule has 1 heterocycles. The average molecular weight is 629 g/mol. The maximum atomic E-state index is 11.6. The van der Waals surface area contributed by atoms with Crippen molar-refractivity contribution in [3.05, 3.63) is 0 Å². The van der Waals surface area contributed by atoms with Crippen LogP contribution < -0.4 is 34.9 Å². The van der Waals surface area contributed by atoms with Gasteiger partial charge in [0.05, 0.1) is 43.9 Å². The summed E-state index contributed by atoms with van der Waals surface area (Å²) in [5.74, 6) is 1.90. The molecule has 3 N–H and O–H groups in total. The first kappa shape index (κ1) is 39.2. The molecule has 6 fully saturated rings. The smallest absolute Gasteiger partial charge is 1.00 e. The maximum absolute atomic E-state index is 11.6. The molecule has 0 amide bonds. The molecule has 3 radical (unpaired) electrons. The second-order valence-electron chi connectivity index (χ2n) is 12.7. The van der Waals surface area contributed by atoms with Crippen molar-refractivity contribution in [3.63, 3.8) is 0 Å². The number of nitrogens with one attached hydrogen (secondary N) is 1. The van der Waals surface area contributed by atoms with E-state index in [9.17, 15) is 29.4 Å². The number of Topliss-reactive ketones (excluding diaryl/α,β-unsaturated/α-hetero) is 1. The molecule has 12 heteroatoms. The first-order chi connectivity index (χ1) is 20.2. The van der Waals surface area contributed by atoms with Crippen LogP contribution in [0.2, 0.25) is 0 Å². The van der Waals surface area contributed by atoms with Crippen LogP contribution in [0.4, 0.5) is 0 Å². The Kier molecular flexibility index (Phi) is 16.4. The summed E-state index contributed by atoms with van der Waals surface area (Å²) >= 11 is 0. The minimum atomic E-state index is -0.230. The van der Waals surface area contributed by atoms with Crippen LogP contribution in [-0.2, 0) is 33.4 Å². The average Bonchev–Trinajstić information content (AvgIpc) is 3.79. The summed E-state index contributed by atoms with van der Waals surface area (Å²) in [7, 11) is 0. The maximum Gasteiger partial charge on any atom is 1.00 e. The summed E-state index contributed by atoms with van der Waals surface area (Å²) in [4.78, 5) is 46.1. The topological polar surface area (TPSA) is 148 Å². The van der Waals surface area contributed by atoms with Crippen molar-refractivity contribution in [2.45, 2.75) is 103 Å². The zero-order valence-corrected chi connectivity index (χ0v) is 29.1. The van der Waals surface area contributed by atoms with E-state index in [1.54, 1.807) is 0 Å². The van der Waals surface area contributed by atoms with Crippen LogP contribution in [0.1, 0.15) is 86.4 Å². The SMILES string of the molecule is CCOC(=O)[C@H]1CC[C@@H]2C(=O)CC[C@@H]21.CCOC(=O)[C@H]1CC[C@@H]2C(O)CC[C@H]12.CCOC(=O)[C@H]1NC[C@@H]2C(O)CC[C@H]12.[B].[H-].[Na+]. The number of esters is 3. The number of carbonyl (C=O) groups is 4. The Morgan fingerprint density at radius 1 is 0.682 bits per heavy atom. The fourth-order valence-electron chi connectivity index (χ4n) is 8.70. The van der Waals surface area contributed by atoms with Crippen molar-refractivity contribution >= 4 is 32.1 Å². The summed E-state index contributed by atoms with van der Waals surface area (Å²) in [6.45, 7) is 7.56. The third kappa shape index (κ3) is 8.88. The van der Waals surface area contributed by atoms with Gasteiger partial charge in [-0.25, -0.2) is 0 Å². The van der Waals surface area contributed by atoms with E-state index < -0.39 is 0 Å². The Hall–Kier alpha value is -0.975. The molecule has 0 aromatic carbocycles. The molecule has 10 nitrogen and oxygen atoms in total. The normalized spacial score (nSPS) is 37.5. The second kappa shape index (κ2) is 18.4. The van der Waals surface area contributed by atoms with E-state index in [-0.39, 0.29) is 105 Å². The van der Waals surface area contributed by atoms with Crippen LogP contribution in [0.25, 0.3) is 0 Å². The van der Waals surface area contributed by atoms with Crippen molar-refractivity contribution in [1.82, 2.24) is 5.32 Å². The van der Waals surface area contributed by atoms with Crippen molar-refractivity contribution in [2.75, 3.05) is 26.4 Å². The molecule has 0 aromatic rings. The van der Waals surface area contributed by atoms with Gasteiger partial charge in [-0.2, -0.15) is 0 Å². The Bertz CT molecular complexity index is 929. The molecular formula is C32H52BNNaO9. The Morgan fingerprint density at radius 2 is 1.18 bits per heavy atom. The number of ether oxygens (including phenoxy) is 3. The second-order valence-corrected chi connectivity index (χ2v) is 12.7. The summed E-state index contributed by atoms with van der Waals surface area (Å²) < 4.78 is 15.1. The van der Waals surface area contributed by atoms with Gasteiger partial charge in [0, 0.05) is 33.2 Å². The fourth-order valence-corrected chi connectivity index (χ4v) is 8.70. The van der Waals surface area contributed by atoms with Crippen LogP contribution in [0.5, 0.6) is 0 Å². The third-order valence-electron chi connectivity index (χ3n) is 10.7. The number of aliphatic hydroxyl groups is 2.